The van der Waals surface area contributed by atoms with Crippen LogP contribution in [0.1, 0.15) is 22.8 Å². The molecule has 6 nitrogen and oxygen atoms in total. The molecule has 0 atom stereocenters. The minimum atomic E-state index is -0.0322. The molecule has 0 aliphatic carbocycles. The molecule has 3 aromatic rings. The van der Waals surface area contributed by atoms with Crippen molar-refractivity contribution >= 4 is 28.6 Å². The van der Waals surface area contributed by atoms with E-state index in [0.29, 0.717) is 24.6 Å². The number of hydrogen-bond acceptors (Lipinski definition) is 7. The van der Waals surface area contributed by atoms with E-state index in [1.807, 2.05) is 24.4 Å². The molecule has 8 heteroatoms. The Morgan fingerprint density at radius 2 is 2.32 bits per heavy atom. The summed E-state index contributed by atoms with van der Waals surface area (Å²) in [5.74, 6) is 0.931. The molecule has 3 rings (SSSR count). The van der Waals surface area contributed by atoms with E-state index in [2.05, 4.69) is 20.4 Å². The van der Waals surface area contributed by atoms with Crippen LogP contribution in [0.3, 0.4) is 0 Å². The van der Waals surface area contributed by atoms with E-state index < -0.39 is 0 Å². The van der Waals surface area contributed by atoms with E-state index in [9.17, 15) is 4.79 Å². The zero-order valence-electron chi connectivity index (χ0n) is 11.9. The van der Waals surface area contributed by atoms with Crippen molar-refractivity contribution in [3.8, 4) is 10.8 Å². The van der Waals surface area contributed by atoms with Gasteiger partial charge in [0.05, 0.1) is 22.6 Å². The summed E-state index contributed by atoms with van der Waals surface area (Å²) < 4.78 is 5.17. The van der Waals surface area contributed by atoms with Crippen LogP contribution < -0.4 is 5.32 Å². The van der Waals surface area contributed by atoms with Gasteiger partial charge >= 0.3 is 0 Å². The maximum Gasteiger partial charge on any atom is 0.268 e. The summed E-state index contributed by atoms with van der Waals surface area (Å²) in [7, 11) is 0. The first-order valence-electron chi connectivity index (χ1n) is 6.74. The van der Waals surface area contributed by atoms with Gasteiger partial charge in [-0.1, -0.05) is 11.2 Å². The van der Waals surface area contributed by atoms with Crippen LogP contribution in [0.25, 0.3) is 10.8 Å². The number of thiazole rings is 1. The molecule has 3 heterocycles. The second-order valence-corrected chi connectivity index (χ2v) is 6.52. The number of carbonyl (C=O) groups is 1. The molecule has 1 amide bonds. The fraction of sp³-hybridized carbons (Fsp3) is 0.286. The van der Waals surface area contributed by atoms with Crippen LogP contribution in [-0.4, -0.2) is 21.0 Å². The number of aryl methyl sites for hydroxylation is 2. The van der Waals surface area contributed by atoms with Gasteiger partial charge in [0.25, 0.3) is 5.89 Å². The van der Waals surface area contributed by atoms with Crippen molar-refractivity contribution in [1.29, 1.82) is 0 Å². The third-order valence-corrected chi connectivity index (χ3v) is 4.92. The number of thiophene rings is 1. The van der Waals surface area contributed by atoms with Crippen molar-refractivity contribution in [2.75, 3.05) is 0 Å². The molecule has 0 bridgehead atoms. The second kappa shape index (κ2) is 6.80. The molecule has 0 unspecified atom stereocenters. The van der Waals surface area contributed by atoms with Crippen LogP contribution in [0.15, 0.2) is 27.5 Å². The fourth-order valence-electron chi connectivity index (χ4n) is 1.89. The van der Waals surface area contributed by atoms with Crippen LogP contribution in [0.5, 0.6) is 0 Å². The lowest BCUT2D eigenvalue weighted by Gasteiger charge is -2.01. The van der Waals surface area contributed by atoms with Crippen LogP contribution in [0.4, 0.5) is 0 Å². The van der Waals surface area contributed by atoms with Gasteiger partial charge in [-0.3, -0.25) is 4.79 Å². The summed E-state index contributed by atoms with van der Waals surface area (Å²) in [6.07, 6.45) is 1.13. The molecule has 0 spiro atoms. The Bertz CT molecular complexity index is 749. The predicted octanol–water partition coefficient (Wildman–Crippen LogP) is 2.81. The molecule has 0 saturated heterocycles. The largest absolute Gasteiger partial charge is 0.349 e. The first-order valence-corrected chi connectivity index (χ1v) is 8.50. The molecule has 0 aromatic carbocycles. The lowest BCUT2D eigenvalue weighted by Crippen LogP contribution is -2.23. The van der Waals surface area contributed by atoms with Gasteiger partial charge in [0, 0.05) is 11.3 Å². The van der Waals surface area contributed by atoms with Crippen molar-refractivity contribution < 1.29 is 9.32 Å². The second-order valence-electron chi connectivity index (χ2n) is 4.63. The molecule has 0 radical (unpaired) electrons. The molecule has 3 aromatic heterocycles. The molecular weight excluding hydrogens is 320 g/mol. The predicted molar refractivity (Wildman–Crippen MR) is 84.6 cm³/mol. The number of aromatic nitrogens is 3. The smallest absolute Gasteiger partial charge is 0.268 e. The van der Waals surface area contributed by atoms with Crippen LogP contribution in [0.2, 0.25) is 0 Å². The molecule has 0 aliphatic heterocycles. The summed E-state index contributed by atoms with van der Waals surface area (Å²) in [6, 6.07) is 3.84. The van der Waals surface area contributed by atoms with Gasteiger partial charge in [0.15, 0.2) is 5.82 Å². The van der Waals surface area contributed by atoms with Crippen molar-refractivity contribution in [2.45, 2.75) is 26.3 Å². The number of nitrogens with zero attached hydrogens (tertiary/aromatic N) is 3. The number of amides is 1. The van der Waals surface area contributed by atoms with Crippen molar-refractivity contribution in [3.63, 3.8) is 0 Å². The van der Waals surface area contributed by atoms with Gasteiger partial charge in [0.1, 0.15) is 0 Å². The van der Waals surface area contributed by atoms with Crippen LogP contribution >= 0.6 is 22.7 Å². The maximum atomic E-state index is 11.8. The zero-order chi connectivity index (χ0) is 15.4. The van der Waals surface area contributed by atoms with E-state index in [1.54, 1.807) is 16.8 Å². The first-order chi connectivity index (χ1) is 10.7. The summed E-state index contributed by atoms with van der Waals surface area (Å²) in [5.41, 5.74) is 2.80. The van der Waals surface area contributed by atoms with Gasteiger partial charge < -0.3 is 9.84 Å². The average Bonchev–Trinajstić information content (AvgIpc) is 3.24. The Hall–Kier alpha value is -2.06. The summed E-state index contributed by atoms with van der Waals surface area (Å²) in [4.78, 5) is 22.3. The first kappa shape index (κ1) is 14.9. The Labute approximate surface area is 135 Å². The molecule has 0 fully saturated rings. The van der Waals surface area contributed by atoms with Crippen molar-refractivity contribution in [1.82, 2.24) is 20.4 Å². The third kappa shape index (κ3) is 3.58. The normalized spacial score (nSPS) is 10.8. The van der Waals surface area contributed by atoms with Crippen LogP contribution in [0, 0.1) is 6.92 Å². The number of hydrogen-bond donors (Lipinski definition) is 1. The minimum Gasteiger partial charge on any atom is -0.349 e. The van der Waals surface area contributed by atoms with E-state index in [1.165, 1.54) is 11.3 Å². The Kier molecular flexibility index (Phi) is 4.59. The topological polar surface area (TPSA) is 80.9 Å². The summed E-state index contributed by atoms with van der Waals surface area (Å²) >= 11 is 3.11. The van der Waals surface area contributed by atoms with Gasteiger partial charge in [-0.25, -0.2) is 4.98 Å². The van der Waals surface area contributed by atoms with Gasteiger partial charge in [-0.15, -0.1) is 22.7 Å². The monoisotopic (exact) mass is 334 g/mol. The Morgan fingerprint density at radius 1 is 1.41 bits per heavy atom. The standard InChI is InChI=1S/C14H14N4O2S2/c1-9-10(22-8-16-9)4-5-13(19)15-7-12-17-14(20-18-12)11-3-2-6-21-11/h2-3,6,8H,4-5,7H2,1H3,(H,15,19). The maximum absolute atomic E-state index is 11.8. The molecule has 0 saturated carbocycles. The lowest BCUT2D eigenvalue weighted by atomic mass is 10.2. The van der Waals surface area contributed by atoms with E-state index in [4.69, 9.17) is 4.52 Å². The minimum absolute atomic E-state index is 0.0322. The van der Waals surface area contributed by atoms with Crippen molar-refractivity contribution in [2.24, 2.45) is 0 Å². The van der Waals surface area contributed by atoms with E-state index >= 15 is 0 Å². The zero-order valence-corrected chi connectivity index (χ0v) is 13.5. The highest BCUT2D eigenvalue weighted by molar-refractivity contribution is 7.13. The summed E-state index contributed by atoms with van der Waals surface area (Å²) in [5, 5.41) is 8.62. The van der Waals surface area contributed by atoms with Gasteiger partial charge in [-0.2, -0.15) is 4.98 Å². The molecular formula is C14H14N4O2S2. The average molecular weight is 334 g/mol. The third-order valence-electron chi connectivity index (χ3n) is 3.07. The summed E-state index contributed by atoms with van der Waals surface area (Å²) in [6.45, 7) is 2.23. The highest BCUT2D eigenvalue weighted by Gasteiger charge is 2.11. The number of rotatable bonds is 6. The quantitative estimate of drug-likeness (QED) is 0.749. The molecule has 1 N–H and O–H groups in total. The van der Waals surface area contributed by atoms with E-state index in [0.717, 1.165) is 15.4 Å². The molecule has 114 valence electrons. The highest BCUT2D eigenvalue weighted by atomic mass is 32.1. The van der Waals surface area contributed by atoms with Gasteiger partial charge in [0.2, 0.25) is 5.91 Å². The molecule has 22 heavy (non-hydrogen) atoms. The number of carbonyl (C=O) groups excluding carboxylic acids is 1. The highest BCUT2D eigenvalue weighted by Crippen LogP contribution is 2.22. The SMILES string of the molecule is Cc1ncsc1CCC(=O)NCc1noc(-c2cccs2)n1. The number of nitrogens with one attached hydrogen (secondary N) is 1. The Balaban J connectivity index is 1.48. The lowest BCUT2D eigenvalue weighted by molar-refractivity contribution is -0.121. The van der Waals surface area contributed by atoms with Gasteiger partial charge in [-0.05, 0) is 24.8 Å². The molecule has 0 aliphatic rings. The Morgan fingerprint density at radius 3 is 3.05 bits per heavy atom. The fourth-order valence-corrected chi connectivity index (χ4v) is 3.31. The van der Waals surface area contributed by atoms with Crippen LogP contribution in [-0.2, 0) is 17.8 Å². The van der Waals surface area contributed by atoms with E-state index in [-0.39, 0.29) is 12.5 Å². The van der Waals surface area contributed by atoms with Crippen molar-refractivity contribution in [3.05, 3.63) is 39.4 Å².